The number of methoxy groups -OCH3 is 2. The molecule has 0 aliphatic rings. The number of nitrogens with one attached hydrogen (secondary N) is 1. The first-order valence-electron chi connectivity index (χ1n) is 8.18. The summed E-state index contributed by atoms with van der Waals surface area (Å²) in [5, 5.41) is 3.06. The van der Waals surface area contributed by atoms with Crippen LogP contribution in [0.15, 0.2) is 60.9 Å². The van der Waals surface area contributed by atoms with Crippen LogP contribution in [0.2, 0.25) is 0 Å². The van der Waals surface area contributed by atoms with Crippen LogP contribution in [0.5, 0.6) is 11.5 Å². The fourth-order valence-corrected chi connectivity index (χ4v) is 2.73. The number of aryl methyl sites for hydroxylation is 1. The van der Waals surface area contributed by atoms with Gasteiger partial charge in [-0.1, -0.05) is 18.2 Å². The van der Waals surface area contributed by atoms with Gasteiger partial charge in [-0.15, -0.1) is 0 Å². The van der Waals surface area contributed by atoms with Crippen molar-refractivity contribution in [1.82, 2.24) is 14.9 Å². The molecule has 1 atom stereocenters. The number of ether oxygens (including phenoxy) is 2. The summed E-state index contributed by atoms with van der Waals surface area (Å²) in [6, 6.07) is 14.2. The number of nitrogens with zero attached hydrogens (tertiary/aromatic N) is 2. The van der Waals surface area contributed by atoms with Crippen LogP contribution in [-0.2, 0) is 7.05 Å². The molecule has 6 heteroatoms. The van der Waals surface area contributed by atoms with Crippen molar-refractivity contribution in [3.8, 4) is 11.5 Å². The summed E-state index contributed by atoms with van der Waals surface area (Å²) in [4.78, 5) is 17.2. The van der Waals surface area contributed by atoms with Gasteiger partial charge in [0, 0.05) is 25.0 Å². The zero-order valence-electron chi connectivity index (χ0n) is 15.0. The Morgan fingerprint density at radius 3 is 2.42 bits per heavy atom. The number of carbonyl (C=O) groups is 1. The fraction of sp³-hybridized carbons (Fsp3) is 0.200. The smallest absolute Gasteiger partial charge is 0.252 e. The van der Waals surface area contributed by atoms with E-state index in [2.05, 4.69) is 10.3 Å². The Balaban J connectivity index is 1.92. The number of hydrogen-bond acceptors (Lipinski definition) is 4. The van der Waals surface area contributed by atoms with Crippen molar-refractivity contribution in [2.75, 3.05) is 14.2 Å². The normalized spacial score (nSPS) is 11.7. The Hall–Kier alpha value is -3.28. The van der Waals surface area contributed by atoms with Crippen molar-refractivity contribution in [1.29, 1.82) is 0 Å². The molecule has 1 unspecified atom stereocenters. The van der Waals surface area contributed by atoms with Gasteiger partial charge < -0.3 is 19.4 Å². The maximum Gasteiger partial charge on any atom is 0.252 e. The molecular weight excluding hydrogens is 330 g/mol. The molecule has 0 aliphatic carbocycles. The van der Waals surface area contributed by atoms with E-state index in [1.807, 2.05) is 42.1 Å². The van der Waals surface area contributed by atoms with Crippen molar-refractivity contribution < 1.29 is 14.3 Å². The topological polar surface area (TPSA) is 65.4 Å². The molecule has 0 spiro atoms. The van der Waals surface area contributed by atoms with E-state index in [1.165, 1.54) is 0 Å². The third-order valence-corrected chi connectivity index (χ3v) is 4.17. The Bertz CT molecular complexity index is 887. The van der Waals surface area contributed by atoms with Crippen molar-refractivity contribution >= 4 is 5.91 Å². The molecular formula is C20H21N3O3. The summed E-state index contributed by atoms with van der Waals surface area (Å²) < 4.78 is 12.3. The molecule has 134 valence electrons. The van der Waals surface area contributed by atoms with E-state index < -0.39 is 0 Å². The zero-order valence-corrected chi connectivity index (χ0v) is 15.0. The fourth-order valence-electron chi connectivity index (χ4n) is 2.73. The van der Waals surface area contributed by atoms with Crippen molar-refractivity contribution in [2.45, 2.75) is 6.04 Å². The summed E-state index contributed by atoms with van der Waals surface area (Å²) in [6.07, 6.45) is 3.56. The summed E-state index contributed by atoms with van der Waals surface area (Å²) >= 11 is 0. The van der Waals surface area contributed by atoms with Crippen LogP contribution >= 0.6 is 0 Å². The summed E-state index contributed by atoms with van der Waals surface area (Å²) in [7, 11) is 5.09. The Morgan fingerprint density at radius 2 is 1.81 bits per heavy atom. The number of amides is 1. The maximum absolute atomic E-state index is 12.8. The largest absolute Gasteiger partial charge is 0.497 e. The molecule has 6 nitrogen and oxygen atoms in total. The van der Waals surface area contributed by atoms with Gasteiger partial charge in [0.1, 0.15) is 23.4 Å². The number of aromatic nitrogens is 2. The Kier molecular flexibility index (Phi) is 5.22. The highest BCUT2D eigenvalue weighted by molar-refractivity contribution is 5.95. The lowest BCUT2D eigenvalue weighted by Gasteiger charge is -2.19. The minimum Gasteiger partial charge on any atom is -0.497 e. The van der Waals surface area contributed by atoms with Crippen LogP contribution in [0.4, 0.5) is 0 Å². The first kappa shape index (κ1) is 17.5. The lowest BCUT2D eigenvalue weighted by atomic mass is 10.0. The van der Waals surface area contributed by atoms with Crippen molar-refractivity contribution in [3.63, 3.8) is 0 Å². The molecule has 0 saturated carbocycles. The quantitative estimate of drug-likeness (QED) is 0.741. The van der Waals surface area contributed by atoms with Gasteiger partial charge in [-0.3, -0.25) is 4.79 Å². The van der Waals surface area contributed by atoms with Gasteiger partial charge in [-0.25, -0.2) is 4.98 Å². The van der Waals surface area contributed by atoms with Crippen LogP contribution in [0.25, 0.3) is 0 Å². The van der Waals surface area contributed by atoms with Crippen molar-refractivity contribution in [3.05, 3.63) is 77.9 Å². The van der Waals surface area contributed by atoms with E-state index in [0.717, 1.165) is 17.1 Å². The number of hydrogen-bond donors (Lipinski definition) is 1. The third-order valence-electron chi connectivity index (χ3n) is 4.17. The minimum atomic E-state index is -0.389. The molecule has 3 aromatic rings. The first-order valence-corrected chi connectivity index (χ1v) is 8.18. The first-order chi connectivity index (χ1) is 12.6. The maximum atomic E-state index is 12.8. The predicted octanol–water partition coefficient (Wildman–Crippen LogP) is 2.96. The van der Waals surface area contributed by atoms with Gasteiger partial charge in [0.2, 0.25) is 0 Å². The van der Waals surface area contributed by atoms with E-state index in [4.69, 9.17) is 9.47 Å². The van der Waals surface area contributed by atoms with Gasteiger partial charge in [0.15, 0.2) is 0 Å². The lowest BCUT2D eigenvalue weighted by Crippen LogP contribution is -2.31. The number of carbonyl (C=O) groups excluding carboxylic acids is 1. The number of rotatable bonds is 6. The van der Waals surface area contributed by atoms with Gasteiger partial charge in [-0.05, 0) is 35.9 Å². The van der Waals surface area contributed by atoms with Gasteiger partial charge in [0.25, 0.3) is 5.91 Å². The molecule has 0 bridgehead atoms. The number of benzene rings is 2. The Labute approximate surface area is 152 Å². The second-order valence-corrected chi connectivity index (χ2v) is 5.81. The van der Waals surface area contributed by atoms with Crippen LogP contribution in [-0.4, -0.2) is 29.7 Å². The van der Waals surface area contributed by atoms with E-state index in [1.54, 1.807) is 44.7 Å². The van der Waals surface area contributed by atoms with Gasteiger partial charge in [-0.2, -0.15) is 0 Å². The Morgan fingerprint density at radius 1 is 1.08 bits per heavy atom. The predicted molar refractivity (Wildman–Crippen MR) is 98.5 cm³/mol. The third kappa shape index (κ3) is 3.69. The average molecular weight is 351 g/mol. The molecule has 3 rings (SSSR count). The lowest BCUT2D eigenvalue weighted by molar-refractivity contribution is 0.0941. The molecule has 26 heavy (non-hydrogen) atoms. The monoisotopic (exact) mass is 351 g/mol. The highest BCUT2D eigenvalue weighted by Crippen LogP contribution is 2.24. The van der Waals surface area contributed by atoms with Crippen molar-refractivity contribution in [2.24, 2.45) is 7.05 Å². The SMILES string of the molecule is COc1ccc(C(NC(=O)c2cccc(OC)c2)c2nccn2C)cc1. The van der Waals surface area contributed by atoms with Gasteiger partial charge >= 0.3 is 0 Å². The van der Waals surface area contributed by atoms with E-state index in [-0.39, 0.29) is 11.9 Å². The van der Waals surface area contributed by atoms with Crippen LogP contribution in [0.1, 0.15) is 27.8 Å². The highest BCUT2D eigenvalue weighted by atomic mass is 16.5. The zero-order chi connectivity index (χ0) is 18.5. The summed E-state index contributed by atoms with van der Waals surface area (Å²) in [5.74, 6) is 1.93. The molecule has 1 N–H and O–H groups in total. The molecule has 0 aliphatic heterocycles. The summed E-state index contributed by atoms with van der Waals surface area (Å²) in [6.45, 7) is 0. The summed E-state index contributed by atoms with van der Waals surface area (Å²) in [5.41, 5.74) is 1.44. The van der Waals surface area contributed by atoms with Crippen LogP contribution < -0.4 is 14.8 Å². The van der Waals surface area contributed by atoms with Crippen LogP contribution in [0.3, 0.4) is 0 Å². The molecule has 1 amide bonds. The molecule has 1 heterocycles. The number of imidazole rings is 1. The van der Waals surface area contributed by atoms with E-state index in [9.17, 15) is 4.79 Å². The highest BCUT2D eigenvalue weighted by Gasteiger charge is 2.21. The van der Waals surface area contributed by atoms with Crippen LogP contribution in [0, 0.1) is 0 Å². The second kappa shape index (κ2) is 7.74. The minimum absolute atomic E-state index is 0.201. The second-order valence-electron chi connectivity index (χ2n) is 5.81. The molecule has 1 aromatic heterocycles. The van der Waals surface area contributed by atoms with E-state index >= 15 is 0 Å². The van der Waals surface area contributed by atoms with Gasteiger partial charge in [0.05, 0.1) is 14.2 Å². The standard InChI is InChI=1S/C20H21N3O3/c1-23-12-11-21-19(23)18(14-7-9-16(25-2)10-8-14)22-20(24)15-5-4-6-17(13-15)26-3/h4-13,18H,1-3H3,(H,22,24). The molecule has 0 saturated heterocycles. The average Bonchev–Trinajstić information content (AvgIpc) is 3.11. The molecule has 0 fully saturated rings. The molecule has 2 aromatic carbocycles. The molecule has 0 radical (unpaired) electrons. The van der Waals surface area contributed by atoms with E-state index in [0.29, 0.717) is 11.3 Å².